The SMILES string of the molecule is CC1=C(C23CCC=CC2c2ccccc2C3)c2c(ccc3ccccc23)C1. The van der Waals surface area contributed by atoms with Crippen molar-refractivity contribution in [3.05, 3.63) is 101 Å². The highest BCUT2D eigenvalue weighted by Gasteiger charge is 2.50. The van der Waals surface area contributed by atoms with E-state index < -0.39 is 0 Å². The van der Waals surface area contributed by atoms with Crippen LogP contribution in [0.2, 0.25) is 0 Å². The molecular weight excluding hydrogens is 324 g/mol. The number of fused-ring (bicyclic) bond motifs is 6. The molecule has 0 amide bonds. The van der Waals surface area contributed by atoms with E-state index in [4.69, 9.17) is 0 Å². The van der Waals surface area contributed by atoms with Crippen LogP contribution in [0.3, 0.4) is 0 Å². The Bertz CT molecular complexity index is 1140. The summed E-state index contributed by atoms with van der Waals surface area (Å²) in [6.45, 7) is 2.39. The van der Waals surface area contributed by atoms with Crippen LogP contribution in [0.5, 0.6) is 0 Å². The van der Waals surface area contributed by atoms with Gasteiger partial charge < -0.3 is 0 Å². The summed E-state index contributed by atoms with van der Waals surface area (Å²) in [6, 6.07) is 22.8. The lowest BCUT2D eigenvalue weighted by Gasteiger charge is -2.40. The Balaban J connectivity index is 1.64. The Hall–Kier alpha value is -2.60. The summed E-state index contributed by atoms with van der Waals surface area (Å²) in [7, 11) is 0. The molecule has 0 N–H and O–H groups in total. The van der Waals surface area contributed by atoms with Gasteiger partial charge in [-0.05, 0) is 71.2 Å². The maximum Gasteiger partial charge on any atom is 0.0121 e. The van der Waals surface area contributed by atoms with Gasteiger partial charge in [-0.3, -0.25) is 0 Å². The predicted molar refractivity (Wildman–Crippen MR) is 114 cm³/mol. The summed E-state index contributed by atoms with van der Waals surface area (Å²) in [5.41, 5.74) is 9.69. The molecule has 0 saturated carbocycles. The highest BCUT2D eigenvalue weighted by Crippen LogP contribution is 2.62. The third-order valence-corrected chi connectivity index (χ3v) is 7.22. The van der Waals surface area contributed by atoms with Crippen LogP contribution in [-0.2, 0) is 12.8 Å². The first-order chi connectivity index (χ1) is 13.3. The molecule has 3 aliphatic carbocycles. The predicted octanol–water partition coefficient (Wildman–Crippen LogP) is 6.85. The van der Waals surface area contributed by atoms with Crippen molar-refractivity contribution in [3.8, 4) is 0 Å². The number of rotatable bonds is 1. The lowest BCUT2D eigenvalue weighted by molar-refractivity contribution is 0.344. The molecule has 0 bridgehead atoms. The second kappa shape index (κ2) is 5.45. The molecule has 3 aliphatic rings. The molecular formula is C27H24. The van der Waals surface area contributed by atoms with E-state index in [-0.39, 0.29) is 5.41 Å². The molecule has 3 aromatic rings. The zero-order valence-corrected chi connectivity index (χ0v) is 15.8. The van der Waals surface area contributed by atoms with E-state index in [2.05, 4.69) is 79.7 Å². The van der Waals surface area contributed by atoms with Gasteiger partial charge in [-0.15, -0.1) is 0 Å². The average Bonchev–Trinajstić information content (AvgIpc) is 3.23. The van der Waals surface area contributed by atoms with Crippen molar-refractivity contribution in [3.63, 3.8) is 0 Å². The van der Waals surface area contributed by atoms with Crippen molar-refractivity contribution in [1.29, 1.82) is 0 Å². The summed E-state index contributed by atoms with van der Waals surface area (Å²) < 4.78 is 0. The first kappa shape index (κ1) is 15.5. The van der Waals surface area contributed by atoms with Gasteiger partial charge in [0.05, 0.1) is 0 Å². The molecule has 0 heteroatoms. The topological polar surface area (TPSA) is 0 Å². The van der Waals surface area contributed by atoms with Crippen LogP contribution in [0, 0.1) is 5.41 Å². The van der Waals surface area contributed by atoms with E-state index in [0.717, 1.165) is 6.42 Å². The number of allylic oxidation sites excluding steroid dienone is 4. The normalized spacial score (nSPS) is 25.6. The van der Waals surface area contributed by atoms with E-state index in [0.29, 0.717) is 5.92 Å². The number of benzene rings is 3. The maximum atomic E-state index is 2.51. The van der Waals surface area contributed by atoms with Gasteiger partial charge in [0.1, 0.15) is 0 Å². The van der Waals surface area contributed by atoms with Gasteiger partial charge in [-0.2, -0.15) is 0 Å². The Morgan fingerprint density at radius 1 is 0.889 bits per heavy atom. The molecule has 0 saturated heterocycles. The Kier molecular flexibility index (Phi) is 3.12. The molecule has 2 unspecified atom stereocenters. The molecule has 3 aromatic carbocycles. The largest absolute Gasteiger partial charge is 0.0879 e. The van der Waals surface area contributed by atoms with E-state index in [1.54, 1.807) is 27.8 Å². The molecule has 0 spiro atoms. The zero-order valence-electron chi connectivity index (χ0n) is 15.8. The van der Waals surface area contributed by atoms with Gasteiger partial charge in [-0.1, -0.05) is 78.4 Å². The molecule has 0 heterocycles. The summed E-state index contributed by atoms with van der Waals surface area (Å²) in [6.07, 6.45) is 9.69. The second-order valence-electron chi connectivity index (χ2n) is 8.63. The van der Waals surface area contributed by atoms with Crippen molar-refractivity contribution in [2.24, 2.45) is 5.41 Å². The monoisotopic (exact) mass is 348 g/mol. The van der Waals surface area contributed by atoms with Crippen molar-refractivity contribution < 1.29 is 0 Å². The third-order valence-electron chi connectivity index (χ3n) is 7.22. The van der Waals surface area contributed by atoms with Crippen LogP contribution in [0.15, 0.2) is 78.4 Å². The standard InChI is InChI=1S/C27H24/c1-18-16-20-14-13-19-8-2-5-11-23(19)25(20)26(18)27-15-7-6-12-24(27)22-10-4-3-9-21(22)17-27/h2-6,8-14,24H,7,15-17H2,1H3. The number of hydrogen-bond acceptors (Lipinski definition) is 0. The molecule has 0 aromatic heterocycles. The first-order valence-electron chi connectivity index (χ1n) is 10.2. The van der Waals surface area contributed by atoms with Crippen molar-refractivity contribution >= 4 is 16.3 Å². The highest BCUT2D eigenvalue weighted by atomic mass is 14.5. The van der Waals surface area contributed by atoms with E-state index >= 15 is 0 Å². The fraction of sp³-hybridized carbons (Fsp3) is 0.259. The molecule has 0 aliphatic heterocycles. The van der Waals surface area contributed by atoms with Gasteiger partial charge in [0, 0.05) is 11.3 Å². The molecule has 2 atom stereocenters. The first-order valence-corrected chi connectivity index (χ1v) is 10.2. The van der Waals surface area contributed by atoms with E-state index in [1.807, 2.05) is 0 Å². The highest BCUT2D eigenvalue weighted by molar-refractivity contribution is 5.99. The fourth-order valence-electron chi connectivity index (χ4n) is 6.24. The lowest BCUT2D eigenvalue weighted by atomic mass is 9.63. The van der Waals surface area contributed by atoms with E-state index in [1.165, 1.54) is 35.6 Å². The van der Waals surface area contributed by atoms with Crippen LogP contribution in [-0.4, -0.2) is 0 Å². The zero-order chi connectivity index (χ0) is 18.0. The number of hydrogen-bond donors (Lipinski definition) is 0. The summed E-state index contributed by atoms with van der Waals surface area (Å²) in [5, 5.41) is 2.82. The molecule has 27 heavy (non-hydrogen) atoms. The fourth-order valence-corrected chi connectivity index (χ4v) is 6.24. The van der Waals surface area contributed by atoms with Crippen LogP contribution in [0.1, 0.15) is 47.9 Å². The minimum Gasteiger partial charge on any atom is -0.0879 e. The minimum absolute atomic E-state index is 0.234. The third kappa shape index (κ3) is 1.99. The van der Waals surface area contributed by atoms with Crippen molar-refractivity contribution in [1.82, 2.24) is 0 Å². The second-order valence-corrected chi connectivity index (χ2v) is 8.63. The van der Waals surface area contributed by atoms with Gasteiger partial charge in [-0.25, -0.2) is 0 Å². The van der Waals surface area contributed by atoms with Crippen molar-refractivity contribution in [2.75, 3.05) is 0 Å². The van der Waals surface area contributed by atoms with Crippen LogP contribution in [0.25, 0.3) is 16.3 Å². The molecule has 0 fully saturated rings. The van der Waals surface area contributed by atoms with Gasteiger partial charge in [0.2, 0.25) is 0 Å². The molecule has 6 rings (SSSR count). The quantitative estimate of drug-likeness (QED) is 0.422. The summed E-state index contributed by atoms with van der Waals surface area (Å²) in [5.74, 6) is 0.525. The smallest absolute Gasteiger partial charge is 0.0121 e. The van der Waals surface area contributed by atoms with Gasteiger partial charge >= 0.3 is 0 Å². The maximum absolute atomic E-state index is 2.51. The van der Waals surface area contributed by atoms with Crippen molar-refractivity contribution in [2.45, 2.75) is 38.5 Å². The van der Waals surface area contributed by atoms with Crippen LogP contribution in [0.4, 0.5) is 0 Å². The van der Waals surface area contributed by atoms with Crippen LogP contribution < -0.4 is 0 Å². The Labute approximate surface area is 161 Å². The van der Waals surface area contributed by atoms with Gasteiger partial charge in [0.25, 0.3) is 0 Å². The van der Waals surface area contributed by atoms with E-state index in [9.17, 15) is 0 Å². The summed E-state index contributed by atoms with van der Waals surface area (Å²) >= 11 is 0. The molecule has 0 nitrogen and oxygen atoms in total. The molecule has 132 valence electrons. The summed E-state index contributed by atoms with van der Waals surface area (Å²) in [4.78, 5) is 0. The van der Waals surface area contributed by atoms with Gasteiger partial charge in [0.15, 0.2) is 0 Å². The Morgan fingerprint density at radius 3 is 2.70 bits per heavy atom. The Morgan fingerprint density at radius 2 is 1.74 bits per heavy atom. The van der Waals surface area contributed by atoms with Crippen LogP contribution >= 0.6 is 0 Å². The minimum atomic E-state index is 0.234. The lowest BCUT2D eigenvalue weighted by Crippen LogP contribution is -2.29. The molecule has 0 radical (unpaired) electrons. The average molecular weight is 348 g/mol.